The quantitative estimate of drug-likeness (QED) is 0.662. The normalized spacial score (nSPS) is 10.1. The van der Waals surface area contributed by atoms with Crippen LogP contribution in [0.3, 0.4) is 0 Å². The first-order valence-corrected chi connectivity index (χ1v) is 5.09. The Morgan fingerprint density at radius 2 is 2.22 bits per heavy atom. The molecule has 0 bridgehead atoms. The molecule has 0 aliphatic rings. The molecule has 0 spiro atoms. The lowest BCUT2D eigenvalue weighted by Crippen LogP contribution is -2.04. The smallest absolute Gasteiger partial charge is 0.292 e. The molecular weight excluding hydrogens is 239 g/mol. The van der Waals surface area contributed by atoms with Crippen molar-refractivity contribution in [3.05, 3.63) is 58.4 Å². The molecule has 2 aromatic rings. The molecule has 18 heavy (non-hydrogen) atoms. The van der Waals surface area contributed by atoms with E-state index in [4.69, 9.17) is 0 Å². The summed E-state index contributed by atoms with van der Waals surface area (Å²) in [6, 6.07) is 3.24. The van der Waals surface area contributed by atoms with Crippen LogP contribution in [-0.2, 0) is 6.54 Å². The summed E-state index contributed by atoms with van der Waals surface area (Å²) in [5.41, 5.74) is 0.544. The minimum Gasteiger partial charge on any atom is -0.374 e. The number of nitro benzene ring substituents is 1. The van der Waals surface area contributed by atoms with Gasteiger partial charge in [0.05, 0.1) is 23.4 Å². The van der Waals surface area contributed by atoms with Crippen molar-refractivity contribution in [1.82, 2.24) is 9.97 Å². The Hall–Kier alpha value is -2.57. The zero-order valence-electron chi connectivity index (χ0n) is 9.21. The molecule has 7 heteroatoms. The van der Waals surface area contributed by atoms with E-state index >= 15 is 0 Å². The SMILES string of the molecule is O=[N+]([O-])c1ccc(F)cc1NCc1cnccn1. The van der Waals surface area contributed by atoms with E-state index in [0.29, 0.717) is 5.69 Å². The van der Waals surface area contributed by atoms with E-state index in [1.165, 1.54) is 18.6 Å². The number of anilines is 1. The maximum absolute atomic E-state index is 13.0. The highest BCUT2D eigenvalue weighted by molar-refractivity contribution is 5.61. The Morgan fingerprint density at radius 3 is 2.89 bits per heavy atom. The Morgan fingerprint density at radius 1 is 1.39 bits per heavy atom. The molecule has 6 nitrogen and oxygen atoms in total. The van der Waals surface area contributed by atoms with Gasteiger partial charge in [-0.05, 0) is 6.07 Å². The van der Waals surface area contributed by atoms with Gasteiger partial charge in [0, 0.05) is 24.5 Å². The molecule has 0 aliphatic heterocycles. The fourth-order valence-corrected chi connectivity index (χ4v) is 1.42. The molecule has 1 aromatic heterocycles. The molecule has 0 fully saturated rings. The summed E-state index contributed by atoms with van der Waals surface area (Å²) in [4.78, 5) is 18.1. The van der Waals surface area contributed by atoms with Gasteiger partial charge in [-0.1, -0.05) is 0 Å². The second-order valence-electron chi connectivity index (χ2n) is 3.47. The van der Waals surface area contributed by atoms with Crippen LogP contribution >= 0.6 is 0 Å². The molecule has 0 atom stereocenters. The van der Waals surface area contributed by atoms with Gasteiger partial charge in [-0.25, -0.2) is 4.39 Å². The summed E-state index contributed by atoms with van der Waals surface area (Å²) in [5.74, 6) is -0.540. The Balaban J connectivity index is 2.18. The largest absolute Gasteiger partial charge is 0.374 e. The van der Waals surface area contributed by atoms with Gasteiger partial charge >= 0.3 is 0 Å². The van der Waals surface area contributed by atoms with Gasteiger partial charge in [0.2, 0.25) is 0 Å². The van der Waals surface area contributed by atoms with E-state index in [-0.39, 0.29) is 17.9 Å². The topological polar surface area (TPSA) is 81.0 Å². The highest BCUT2D eigenvalue weighted by Crippen LogP contribution is 2.25. The van der Waals surface area contributed by atoms with Gasteiger partial charge in [0.25, 0.3) is 5.69 Å². The number of aromatic nitrogens is 2. The van der Waals surface area contributed by atoms with Crippen molar-refractivity contribution in [2.75, 3.05) is 5.32 Å². The lowest BCUT2D eigenvalue weighted by Gasteiger charge is -2.06. The van der Waals surface area contributed by atoms with Gasteiger partial charge in [0.15, 0.2) is 0 Å². The van der Waals surface area contributed by atoms with Gasteiger partial charge in [-0.2, -0.15) is 0 Å². The van der Waals surface area contributed by atoms with Crippen LogP contribution in [0, 0.1) is 15.9 Å². The van der Waals surface area contributed by atoms with Crippen LogP contribution in [0.4, 0.5) is 15.8 Å². The third-order valence-electron chi connectivity index (χ3n) is 2.23. The van der Waals surface area contributed by atoms with Crippen molar-refractivity contribution in [3.63, 3.8) is 0 Å². The lowest BCUT2D eigenvalue weighted by molar-refractivity contribution is -0.384. The predicted octanol–water partition coefficient (Wildman–Crippen LogP) is 2.14. The van der Waals surface area contributed by atoms with E-state index in [9.17, 15) is 14.5 Å². The summed E-state index contributed by atoms with van der Waals surface area (Å²) in [5, 5.41) is 13.5. The fraction of sp³-hybridized carbons (Fsp3) is 0.0909. The molecule has 0 amide bonds. The number of nitrogens with one attached hydrogen (secondary N) is 1. The molecule has 92 valence electrons. The lowest BCUT2D eigenvalue weighted by atomic mass is 10.2. The van der Waals surface area contributed by atoms with Gasteiger partial charge in [-0.15, -0.1) is 0 Å². The summed E-state index contributed by atoms with van der Waals surface area (Å²) in [7, 11) is 0. The van der Waals surface area contributed by atoms with Crippen LogP contribution < -0.4 is 5.32 Å². The summed E-state index contributed by atoms with van der Waals surface area (Å²) in [6.07, 6.45) is 4.56. The first-order valence-electron chi connectivity index (χ1n) is 5.09. The van der Waals surface area contributed by atoms with Crippen molar-refractivity contribution in [1.29, 1.82) is 0 Å². The Bertz CT molecular complexity index is 562. The monoisotopic (exact) mass is 248 g/mol. The Labute approximate surface area is 102 Å². The van der Waals surface area contributed by atoms with Crippen molar-refractivity contribution in [3.8, 4) is 0 Å². The van der Waals surface area contributed by atoms with Gasteiger partial charge < -0.3 is 5.32 Å². The predicted molar refractivity (Wildman–Crippen MR) is 62.4 cm³/mol. The highest BCUT2D eigenvalue weighted by atomic mass is 19.1. The average Bonchev–Trinajstić information content (AvgIpc) is 2.37. The van der Waals surface area contributed by atoms with Crippen LogP contribution in [0.2, 0.25) is 0 Å². The molecule has 1 N–H and O–H groups in total. The summed E-state index contributed by atoms with van der Waals surface area (Å²) in [6.45, 7) is 0.234. The minimum absolute atomic E-state index is 0.116. The van der Waals surface area contributed by atoms with Crippen LogP contribution in [0.15, 0.2) is 36.8 Å². The molecule has 0 saturated heterocycles. The van der Waals surface area contributed by atoms with Crippen LogP contribution in [-0.4, -0.2) is 14.9 Å². The van der Waals surface area contributed by atoms with Crippen molar-refractivity contribution in [2.24, 2.45) is 0 Å². The molecule has 1 aromatic carbocycles. The molecule has 0 saturated carbocycles. The third kappa shape index (κ3) is 2.76. The molecular formula is C11H9FN4O2. The summed E-state index contributed by atoms with van der Waals surface area (Å²) >= 11 is 0. The Kier molecular flexibility index (Phi) is 3.42. The molecule has 0 aliphatic carbocycles. The number of halogens is 1. The first kappa shape index (κ1) is 11.9. The van der Waals surface area contributed by atoms with E-state index in [1.807, 2.05) is 0 Å². The number of hydrogen-bond acceptors (Lipinski definition) is 5. The van der Waals surface area contributed by atoms with Crippen LogP contribution in [0.5, 0.6) is 0 Å². The first-order chi connectivity index (χ1) is 8.66. The number of benzene rings is 1. The van der Waals surface area contributed by atoms with Crippen LogP contribution in [0.25, 0.3) is 0 Å². The van der Waals surface area contributed by atoms with Crippen molar-refractivity contribution in [2.45, 2.75) is 6.54 Å². The molecule has 1 heterocycles. The minimum atomic E-state index is -0.571. The molecule has 0 unspecified atom stereocenters. The van der Waals surface area contributed by atoms with E-state index in [2.05, 4.69) is 15.3 Å². The fourth-order valence-electron chi connectivity index (χ4n) is 1.42. The standard InChI is InChI=1S/C11H9FN4O2/c12-8-1-2-11(16(17)18)10(5-8)15-7-9-6-13-3-4-14-9/h1-6,15H,7H2. The number of nitro groups is 1. The molecule has 2 rings (SSSR count). The van der Waals surface area contributed by atoms with E-state index < -0.39 is 10.7 Å². The highest BCUT2D eigenvalue weighted by Gasteiger charge is 2.14. The zero-order valence-corrected chi connectivity index (χ0v) is 9.21. The van der Waals surface area contributed by atoms with Gasteiger partial charge in [-0.3, -0.25) is 20.1 Å². The van der Waals surface area contributed by atoms with Crippen molar-refractivity contribution < 1.29 is 9.31 Å². The number of rotatable bonds is 4. The summed E-state index contributed by atoms with van der Waals surface area (Å²) < 4.78 is 13.0. The maximum Gasteiger partial charge on any atom is 0.292 e. The van der Waals surface area contributed by atoms with E-state index in [0.717, 1.165) is 18.2 Å². The van der Waals surface area contributed by atoms with Gasteiger partial charge in [0.1, 0.15) is 11.5 Å². The second-order valence-corrected chi connectivity index (χ2v) is 3.47. The van der Waals surface area contributed by atoms with E-state index in [1.54, 1.807) is 0 Å². The maximum atomic E-state index is 13.0. The van der Waals surface area contributed by atoms with Crippen LogP contribution in [0.1, 0.15) is 5.69 Å². The zero-order chi connectivity index (χ0) is 13.0. The second kappa shape index (κ2) is 5.17. The van der Waals surface area contributed by atoms with Crippen molar-refractivity contribution >= 4 is 11.4 Å². The number of hydrogen-bond donors (Lipinski definition) is 1. The molecule has 0 radical (unpaired) electrons. The number of nitrogens with zero attached hydrogens (tertiary/aromatic N) is 3. The average molecular weight is 248 g/mol. The third-order valence-corrected chi connectivity index (χ3v) is 2.23.